The van der Waals surface area contributed by atoms with Crippen molar-refractivity contribution in [2.24, 2.45) is 5.10 Å². The summed E-state index contributed by atoms with van der Waals surface area (Å²) in [5.74, 6) is -1.25. The van der Waals surface area contributed by atoms with E-state index in [1.165, 1.54) is 5.01 Å². The predicted octanol–water partition coefficient (Wildman–Crippen LogP) is 4.38. The maximum absolute atomic E-state index is 12.8. The first-order chi connectivity index (χ1) is 14.4. The molecule has 6 nitrogen and oxygen atoms in total. The smallest absolute Gasteiger partial charge is 0.303 e. The number of carboxylic acids is 1. The van der Waals surface area contributed by atoms with Crippen molar-refractivity contribution in [3.05, 3.63) is 65.2 Å². The van der Waals surface area contributed by atoms with Crippen molar-refractivity contribution >= 4 is 23.3 Å². The van der Waals surface area contributed by atoms with Crippen LogP contribution in [0, 0.1) is 6.92 Å². The van der Waals surface area contributed by atoms with Gasteiger partial charge in [-0.1, -0.05) is 42.0 Å². The maximum Gasteiger partial charge on any atom is 0.303 e. The number of benzene rings is 2. The lowest BCUT2D eigenvalue weighted by Crippen LogP contribution is -2.27. The Morgan fingerprint density at radius 3 is 2.23 bits per heavy atom. The zero-order valence-corrected chi connectivity index (χ0v) is 17.8. The van der Waals surface area contributed by atoms with E-state index < -0.39 is 5.97 Å². The Bertz CT molecular complexity index is 916. The van der Waals surface area contributed by atoms with Gasteiger partial charge in [-0.2, -0.15) is 5.10 Å². The van der Waals surface area contributed by atoms with E-state index in [2.05, 4.69) is 36.0 Å². The molecular formula is C24H29N3O3. The Labute approximate surface area is 177 Å². The Hall–Kier alpha value is -3.15. The lowest BCUT2D eigenvalue weighted by atomic mass is 9.97. The van der Waals surface area contributed by atoms with Crippen LogP contribution in [0.1, 0.15) is 55.8 Å². The van der Waals surface area contributed by atoms with Crippen LogP contribution in [0.25, 0.3) is 0 Å². The number of hydrogen-bond donors (Lipinski definition) is 1. The summed E-state index contributed by atoms with van der Waals surface area (Å²) in [4.78, 5) is 26.0. The van der Waals surface area contributed by atoms with Crippen molar-refractivity contribution in [3.63, 3.8) is 0 Å². The van der Waals surface area contributed by atoms with Gasteiger partial charge >= 0.3 is 5.97 Å². The van der Waals surface area contributed by atoms with Crippen molar-refractivity contribution in [1.29, 1.82) is 0 Å². The van der Waals surface area contributed by atoms with Crippen molar-refractivity contribution in [2.75, 3.05) is 18.0 Å². The zero-order valence-electron chi connectivity index (χ0n) is 17.8. The second kappa shape index (κ2) is 9.57. The molecule has 0 aliphatic carbocycles. The lowest BCUT2D eigenvalue weighted by Gasteiger charge is -2.24. The van der Waals surface area contributed by atoms with Crippen LogP contribution in [0.2, 0.25) is 0 Å². The normalized spacial score (nSPS) is 15.8. The van der Waals surface area contributed by atoms with Crippen LogP contribution in [0.5, 0.6) is 0 Å². The molecule has 0 saturated carbocycles. The summed E-state index contributed by atoms with van der Waals surface area (Å²) in [5, 5.41) is 15.0. The van der Waals surface area contributed by atoms with E-state index in [-0.39, 0.29) is 24.8 Å². The standard InChI is InChI=1S/C24H29N3O3/c1-4-26(5-2)20-12-10-19(11-13-20)22-16-21(18-8-6-17(3)7-9-18)25-27(22)23(28)14-15-24(29)30/h6-13,22H,4-5,14-16H2,1-3H3,(H,29,30)/t22-/m0/s1. The highest BCUT2D eigenvalue weighted by molar-refractivity contribution is 6.03. The molecule has 1 heterocycles. The number of carbonyl (C=O) groups excluding carboxylic acids is 1. The van der Waals surface area contributed by atoms with Crippen LogP contribution in [-0.2, 0) is 9.59 Å². The average molecular weight is 408 g/mol. The molecule has 0 fully saturated rings. The van der Waals surface area contributed by atoms with Crippen LogP contribution < -0.4 is 4.90 Å². The monoisotopic (exact) mass is 407 g/mol. The number of hydrogen-bond acceptors (Lipinski definition) is 4. The van der Waals surface area contributed by atoms with Gasteiger partial charge in [-0.05, 0) is 44.0 Å². The molecular weight excluding hydrogens is 378 g/mol. The average Bonchev–Trinajstić information content (AvgIpc) is 3.19. The summed E-state index contributed by atoms with van der Waals surface area (Å²) < 4.78 is 0. The predicted molar refractivity (Wildman–Crippen MR) is 119 cm³/mol. The van der Waals surface area contributed by atoms with Gasteiger partial charge in [-0.25, -0.2) is 5.01 Å². The molecule has 6 heteroatoms. The van der Waals surface area contributed by atoms with Gasteiger partial charge in [0, 0.05) is 31.6 Å². The number of aryl methyl sites for hydroxylation is 1. The second-order valence-electron chi connectivity index (χ2n) is 7.53. The zero-order chi connectivity index (χ0) is 21.7. The summed E-state index contributed by atoms with van der Waals surface area (Å²) in [7, 11) is 0. The molecule has 2 aromatic carbocycles. The number of carbonyl (C=O) groups is 2. The fraction of sp³-hybridized carbons (Fsp3) is 0.375. The number of hydrazone groups is 1. The number of rotatable bonds is 8. The number of aliphatic carboxylic acids is 1. The van der Waals surface area contributed by atoms with Crippen LogP contribution in [0.3, 0.4) is 0 Å². The van der Waals surface area contributed by atoms with Gasteiger partial charge in [0.1, 0.15) is 0 Å². The van der Waals surface area contributed by atoms with Crippen molar-refractivity contribution in [1.82, 2.24) is 5.01 Å². The summed E-state index contributed by atoms with van der Waals surface area (Å²) in [6, 6.07) is 16.1. The molecule has 0 radical (unpaired) electrons. The van der Waals surface area contributed by atoms with Crippen LogP contribution in [0.15, 0.2) is 53.6 Å². The van der Waals surface area contributed by atoms with Gasteiger partial charge in [-0.15, -0.1) is 0 Å². The highest BCUT2D eigenvalue weighted by Gasteiger charge is 2.33. The number of nitrogens with zero attached hydrogens (tertiary/aromatic N) is 3. The van der Waals surface area contributed by atoms with E-state index in [0.29, 0.717) is 6.42 Å². The first-order valence-corrected chi connectivity index (χ1v) is 10.5. The topological polar surface area (TPSA) is 73.2 Å². The highest BCUT2D eigenvalue weighted by Crippen LogP contribution is 2.34. The summed E-state index contributed by atoms with van der Waals surface area (Å²) in [5.41, 5.74) is 5.14. The minimum atomic E-state index is -0.981. The quantitative estimate of drug-likeness (QED) is 0.705. The minimum Gasteiger partial charge on any atom is -0.481 e. The minimum absolute atomic E-state index is 0.0615. The third-order valence-electron chi connectivity index (χ3n) is 5.51. The van der Waals surface area contributed by atoms with Gasteiger partial charge in [0.15, 0.2) is 0 Å². The Morgan fingerprint density at radius 2 is 1.67 bits per heavy atom. The van der Waals surface area contributed by atoms with Gasteiger partial charge in [-0.3, -0.25) is 9.59 Å². The van der Waals surface area contributed by atoms with Gasteiger partial charge in [0.05, 0.1) is 18.2 Å². The van der Waals surface area contributed by atoms with Gasteiger partial charge in [0.2, 0.25) is 5.91 Å². The fourth-order valence-corrected chi connectivity index (χ4v) is 3.74. The molecule has 0 spiro atoms. The molecule has 158 valence electrons. The van der Waals surface area contributed by atoms with E-state index in [1.807, 2.05) is 43.3 Å². The van der Waals surface area contributed by atoms with Crippen LogP contribution in [-0.4, -0.2) is 40.8 Å². The summed E-state index contributed by atoms with van der Waals surface area (Å²) in [6.07, 6.45) is 0.346. The molecule has 2 aromatic rings. The molecule has 1 aliphatic heterocycles. The largest absolute Gasteiger partial charge is 0.481 e. The number of anilines is 1. The van der Waals surface area contributed by atoms with Crippen molar-refractivity contribution in [3.8, 4) is 0 Å². The first-order valence-electron chi connectivity index (χ1n) is 10.5. The Kier molecular flexibility index (Phi) is 6.87. The fourth-order valence-electron chi connectivity index (χ4n) is 3.74. The van der Waals surface area contributed by atoms with E-state index in [4.69, 9.17) is 5.11 Å². The second-order valence-corrected chi connectivity index (χ2v) is 7.53. The van der Waals surface area contributed by atoms with Gasteiger partial charge in [0.25, 0.3) is 0 Å². The lowest BCUT2D eigenvalue weighted by molar-refractivity contribution is -0.141. The third kappa shape index (κ3) is 4.87. The number of carboxylic acid groups (broad SMARTS) is 1. The summed E-state index contributed by atoms with van der Waals surface area (Å²) >= 11 is 0. The number of amides is 1. The van der Waals surface area contributed by atoms with Crippen LogP contribution in [0.4, 0.5) is 5.69 Å². The molecule has 1 atom stereocenters. The van der Waals surface area contributed by atoms with E-state index in [9.17, 15) is 9.59 Å². The molecule has 3 rings (SSSR count). The molecule has 1 aliphatic rings. The molecule has 1 amide bonds. The van der Waals surface area contributed by atoms with Crippen molar-refractivity contribution < 1.29 is 14.7 Å². The van der Waals surface area contributed by atoms with Crippen LogP contribution >= 0.6 is 0 Å². The first kappa shape index (κ1) is 21.6. The molecule has 0 saturated heterocycles. The molecule has 1 N–H and O–H groups in total. The summed E-state index contributed by atoms with van der Waals surface area (Å²) in [6.45, 7) is 8.14. The highest BCUT2D eigenvalue weighted by atomic mass is 16.4. The van der Waals surface area contributed by atoms with Gasteiger partial charge < -0.3 is 10.0 Å². The molecule has 0 bridgehead atoms. The van der Waals surface area contributed by atoms with E-state index in [1.54, 1.807) is 0 Å². The Balaban J connectivity index is 1.88. The molecule has 0 unspecified atom stereocenters. The third-order valence-corrected chi connectivity index (χ3v) is 5.51. The maximum atomic E-state index is 12.8. The van der Waals surface area contributed by atoms with E-state index >= 15 is 0 Å². The molecule has 0 aromatic heterocycles. The van der Waals surface area contributed by atoms with E-state index in [0.717, 1.165) is 41.2 Å². The molecule has 30 heavy (non-hydrogen) atoms. The Morgan fingerprint density at radius 1 is 1.03 bits per heavy atom. The SMILES string of the molecule is CCN(CC)c1ccc([C@@H]2CC(c3ccc(C)cc3)=NN2C(=O)CCC(=O)O)cc1. The van der Waals surface area contributed by atoms with Crippen molar-refractivity contribution in [2.45, 2.75) is 46.1 Å².